The molecule has 0 aromatic rings. The van der Waals surface area contributed by atoms with E-state index in [1.807, 2.05) is 0 Å². The zero-order valence-electron chi connectivity index (χ0n) is 12.8. The molecule has 3 heteroatoms. The molecule has 2 N–H and O–H groups in total. The molecule has 2 saturated carbocycles. The van der Waals surface area contributed by atoms with E-state index in [9.17, 15) is 9.90 Å². The maximum atomic E-state index is 11.5. The van der Waals surface area contributed by atoms with Crippen LogP contribution in [0.15, 0.2) is 0 Å². The van der Waals surface area contributed by atoms with Gasteiger partial charge in [0.05, 0.1) is 0 Å². The minimum Gasteiger partial charge on any atom is -0.480 e. The minimum atomic E-state index is -0.685. The van der Waals surface area contributed by atoms with Gasteiger partial charge < -0.3 is 10.4 Å². The predicted molar refractivity (Wildman–Crippen MR) is 77.1 cm³/mol. The highest BCUT2D eigenvalue weighted by atomic mass is 16.4. The van der Waals surface area contributed by atoms with Gasteiger partial charge in [-0.05, 0) is 42.4 Å². The van der Waals surface area contributed by atoms with Crippen molar-refractivity contribution in [3.63, 3.8) is 0 Å². The SMILES string of the molecule is CCCCC(NC1C2(C)CCC(C2)C1(C)C)C(=O)O. The largest absolute Gasteiger partial charge is 0.480 e. The van der Waals surface area contributed by atoms with Gasteiger partial charge in [-0.15, -0.1) is 0 Å². The van der Waals surface area contributed by atoms with E-state index in [4.69, 9.17) is 0 Å². The average Bonchev–Trinajstić information content (AvgIpc) is 2.78. The van der Waals surface area contributed by atoms with Gasteiger partial charge in [0.2, 0.25) is 0 Å². The first kappa shape index (κ1) is 14.8. The summed E-state index contributed by atoms with van der Waals surface area (Å²) in [5.74, 6) is 0.0752. The quantitative estimate of drug-likeness (QED) is 0.775. The molecular weight excluding hydrogens is 238 g/mol. The number of carbonyl (C=O) groups is 1. The molecule has 0 heterocycles. The van der Waals surface area contributed by atoms with Crippen molar-refractivity contribution < 1.29 is 9.90 Å². The summed E-state index contributed by atoms with van der Waals surface area (Å²) in [4.78, 5) is 11.5. The Morgan fingerprint density at radius 2 is 2.11 bits per heavy atom. The molecule has 2 fully saturated rings. The third kappa shape index (κ3) is 2.54. The number of rotatable bonds is 6. The lowest BCUT2D eigenvalue weighted by Crippen LogP contribution is -2.55. The maximum Gasteiger partial charge on any atom is 0.320 e. The Kier molecular flexibility index (Phi) is 3.97. The number of hydrogen-bond donors (Lipinski definition) is 2. The zero-order valence-corrected chi connectivity index (χ0v) is 12.8. The van der Waals surface area contributed by atoms with Gasteiger partial charge in [-0.3, -0.25) is 4.79 Å². The summed E-state index contributed by atoms with van der Waals surface area (Å²) in [6.07, 6.45) is 6.61. The highest BCUT2D eigenvalue weighted by Gasteiger charge is 2.59. The van der Waals surface area contributed by atoms with Crippen LogP contribution in [0.25, 0.3) is 0 Å². The number of hydrogen-bond acceptors (Lipinski definition) is 2. The number of unbranched alkanes of at least 4 members (excludes halogenated alkanes) is 1. The average molecular weight is 267 g/mol. The number of aliphatic carboxylic acids is 1. The molecule has 2 aliphatic rings. The number of carboxylic acids is 1. The van der Waals surface area contributed by atoms with Crippen molar-refractivity contribution in [3.8, 4) is 0 Å². The van der Waals surface area contributed by atoms with E-state index < -0.39 is 5.97 Å². The fourth-order valence-electron chi connectivity index (χ4n) is 4.61. The lowest BCUT2D eigenvalue weighted by atomic mass is 9.68. The van der Waals surface area contributed by atoms with Crippen molar-refractivity contribution >= 4 is 5.97 Å². The number of fused-ring (bicyclic) bond motifs is 2. The number of nitrogens with one attached hydrogen (secondary N) is 1. The molecule has 0 aromatic carbocycles. The molecule has 0 aliphatic heterocycles. The van der Waals surface area contributed by atoms with Crippen LogP contribution in [0.1, 0.15) is 66.2 Å². The molecule has 3 nitrogen and oxygen atoms in total. The molecule has 0 radical (unpaired) electrons. The molecule has 4 atom stereocenters. The van der Waals surface area contributed by atoms with Gasteiger partial charge in [0, 0.05) is 6.04 Å². The van der Waals surface area contributed by atoms with Crippen LogP contribution in [-0.4, -0.2) is 23.2 Å². The molecule has 2 rings (SSSR count). The van der Waals surface area contributed by atoms with Gasteiger partial charge in [-0.1, -0.05) is 40.5 Å². The van der Waals surface area contributed by atoms with E-state index in [2.05, 4.69) is 33.0 Å². The van der Waals surface area contributed by atoms with Gasteiger partial charge in [0.1, 0.15) is 6.04 Å². The standard InChI is InChI=1S/C16H29NO2/c1-5-6-7-12(13(18)19)17-14-15(2,3)11-8-9-16(14,4)10-11/h11-12,14,17H,5-10H2,1-4H3,(H,18,19). The summed E-state index contributed by atoms with van der Waals surface area (Å²) in [5, 5.41) is 12.9. The third-order valence-electron chi connectivity index (χ3n) is 5.78. The molecule has 19 heavy (non-hydrogen) atoms. The van der Waals surface area contributed by atoms with Crippen LogP contribution in [0.4, 0.5) is 0 Å². The van der Waals surface area contributed by atoms with Gasteiger partial charge >= 0.3 is 5.97 Å². The summed E-state index contributed by atoms with van der Waals surface area (Å²) >= 11 is 0. The minimum absolute atomic E-state index is 0.229. The summed E-state index contributed by atoms with van der Waals surface area (Å²) in [6, 6.07) is -0.0305. The predicted octanol–water partition coefficient (Wildman–Crippen LogP) is 3.43. The van der Waals surface area contributed by atoms with Crippen molar-refractivity contribution in [2.45, 2.75) is 78.3 Å². The molecule has 0 aromatic heterocycles. The van der Waals surface area contributed by atoms with Crippen LogP contribution < -0.4 is 5.32 Å². The Morgan fingerprint density at radius 3 is 2.58 bits per heavy atom. The normalized spacial score (nSPS) is 37.5. The van der Waals surface area contributed by atoms with E-state index in [0.717, 1.165) is 25.2 Å². The molecule has 0 amide bonds. The summed E-state index contributed by atoms with van der Waals surface area (Å²) in [6.45, 7) is 9.09. The third-order valence-corrected chi connectivity index (χ3v) is 5.78. The fraction of sp³-hybridized carbons (Fsp3) is 0.938. The van der Waals surface area contributed by atoms with Crippen LogP contribution in [0.2, 0.25) is 0 Å². The molecule has 2 bridgehead atoms. The van der Waals surface area contributed by atoms with Crippen LogP contribution in [0.5, 0.6) is 0 Å². The van der Waals surface area contributed by atoms with Gasteiger partial charge in [0.15, 0.2) is 0 Å². The second kappa shape index (κ2) is 5.08. The summed E-state index contributed by atoms with van der Waals surface area (Å²) in [5.41, 5.74) is 0.529. The molecule has 4 unspecified atom stereocenters. The van der Waals surface area contributed by atoms with Crippen LogP contribution >= 0.6 is 0 Å². The van der Waals surface area contributed by atoms with Crippen molar-refractivity contribution in [1.82, 2.24) is 5.32 Å². The van der Waals surface area contributed by atoms with Crippen LogP contribution in [-0.2, 0) is 4.79 Å². The molecule has 0 saturated heterocycles. The Bertz CT molecular complexity index is 348. The molecular formula is C16H29NO2. The lowest BCUT2D eigenvalue weighted by molar-refractivity contribution is -0.140. The second-order valence-corrected chi connectivity index (χ2v) is 7.55. The van der Waals surface area contributed by atoms with Gasteiger partial charge in [0.25, 0.3) is 0 Å². The smallest absolute Gasteiger partial charge is 0.320 e. The first-order valence-corrected chi connectivity index (χ1v) is 7.80. The van der Waals surface area contributed by atoms with Gasteiger partial charge in [-0.25, -0.2) is 0 Å². The topological polar surface area (TPSA) is 49.3 Å². The molecule has 2 aliphatic carbocycles. The van der Waals surface area contributed by atoms with E-state index in [-0.39, 0.29) is 11.5 Å². The highest BCUT2D eigenvalue weighted by molar-refractivity contribution is 5.73. The van der Waals surface area contributed by atoms with E-state index in [1.165, 1.54) is 19.3 Å². The van der Waals surface area contributed by atoms with Gasteiger partial charge in [-0.2, -0.15) is 0 Å². The second-order valence-electron chi connectivity index (χ2n) is 7.55. The Balaban J connectivity index is 2.10. The maximum absolute atomic E-state index is 11.5. The van der Waals surface area contributed by atoms with Crippen molar-refractivity contribution in [1.29, 1.82) is 0 Å². The van der Waals surface area contributed by atoms with E-state index >= 15 is 0 Å². The Labute approximate surface area is 117 Å². The summed E-state index contributed by atoms with van der Waals surface area (Å²) < 4.78 is 0. The van der Waals surface area contributed by atoms with E-state index in [1.54, 1.807) is 0 Å². The van der Waals surface area contributed by atoms with Crippen molar-refractivity contribution in [3.05, 3.63) is 0 Å². The van der Waals surface area contributed by atoms with Crippen LogP contribution in [0, 0.1) is 16.7 Å². The Hall–Kier alpha value is -0.570. The molecule has 110 valence electrons. The number of carboxylic acid groups (broad SMARTS) is 1. The molecule has 0 spiro atoms. The Morgan fingerprint density at radius 1 is 1.42 bits per heavy atom. The lowest BCUT2D eigenvalue weighted by Gasteiger charge is -2.44. The first-order chi connectivity index (χ1) is 8.81. The van der Waals surface area contributed by atoms with Crippen molar-refractivity contribution in [2.24, 2.45) is 16.7 Å². The zero-order chi connectivity index (χ0) is 14.3. The fourth-order valence-corrected chi connectivity index (χ4v) is 4.61. The monoisotopic (exact) mass is 267 g/mol. The van der Waals surface area contributed by atoms with Crippen LogP contribution in [0.3, 0.4) is 0 Å². The highest BCUT2D eigenvalue weighted by Crippen LogP contribution is 2.62. The van der Waals surface area contributed by atoms with Crippen molar-refractivity contribution in [2.75, 3.05) is 0 Å². The van der Waals surface area contributed by atoms with E-state index in [0.29, 0.717) is 11.5 Å². The summed E-state index contributed by atoms with van der Waals surface area (Å²) in [7, 11) is 0. The first-order valence-electron chi connectivity index (χ1n) is 7.80.